The molecule has 2 aliphatic rings. The fraction of sp³-hybridized carbons (Fsp3) is 0.417. The van der Waals surface area contributed by atoms with Crippen LogP contribution >= 0.6 is 0 Å². The Kier molecular flexibility index (Phi) is 6.42. The summed E-state index contributed by atoms with van der Waals surface area (Å²) in [6, 6.07) is 2.80. The molecule has 3 N–H and O–H groups in total. The number of aromatic nitrogens is 3. The van der Waals surface area contributed by atoms with E-state index in [1.165, 1.54) is 6.07 Å². The van der Waals surface area contributed by atoms with Crippen molar-refractivity contribution in [1.29, 1.82) is 0 Å². The van der Waals surface area contributed by atoms with Gasteiger partial charge in [-0.1, -0.05) is 6.07 Å². The average Bonchev–Trinajstić information content (AvgIpc) is 3.54. The molecule has 1 aliphatic carbocycles. The topological polar surface area (TPSA) is 106 Å². The Labute approximate surface area is 216 Å². The van der Waals surface area contributed by atoms with Gasteiger partial charge in [-0.25, -0.2) is 27.1 Å². The second-order valence-electron chi connectivity index (χ2n) is 9.65. The highest BCUT2D eigenvalue weighted by Crippen LogP contribution is 2.41. The normalized spacial score (nSPS) is 22.9. The first-order valence-corrected chi connectivity index (χ1v) is 11.9. The van der Waals surface area contributed by atoms with Crippen molar-refractivity contribution in [3.8, 4) is 11.3 Å². The number of nitrogens with two attached hydrogens (primary N) is 1. The molecule has 3 aromatic rings. The number of nitrogen functional groups attached to an aromatic ring is 1. The van der Waals surface area contributed by atoms with Gasteiger partial charge in [0.25, 0.3) is 5.91 Å². The molecule has 1 aromatic carbocycles. The number of nitrogens with one attached hydrogen (secondary N) is 1. The van der Waals surface area contributed by atoms with Crippen LogP contribution in [0.15, 0.2) is 30.6 Å². The molecule has 1 saturated heterocycles. The minimum Gasteiger partial charge on any atom is -0.382 e. The number of carbonyl (C=O) groups excluding carboxylic acids is 2. The Morgan fingerprint density at radius 1 is 1.18 bits per heavy atom. The first-order chi connectivity index (χ1) is 18.3. The second kappa shape index (κ2) is 9.38. The molecule has 5 rings (SSSR count). The maximum absolute atomic E-state index is 15.5. The van der Waals surface area contributed by atoms with Gasteiger partial charge >= 0.3 is 6.18 Å². The second-order valence-corrected chi connectivity index (χ2v) is 9.65. The van der Waals surface area contributed by atoms with E-state index < -0.39 is 95.3 Å². The first kappa shape index (κ1) is 26.7. The molecule has 0 bridgehead atoms. The standard InChI is InChI=1S/C24H21F7N6O2/c25-15-8-36(22(39)11-4-5-23(27,28)7-11)9-16(15)35-21(38)13-3-1-2-12(18(13)26)17-6-14(24(29,30)31)19-20(32)33-10-34-37(17)19/h1-3,6,10-11,15-16H,4-5,7-9H2,(H,35,38)(H2,32,33,34)/t11?,15-,16+/m0/s1. The van der Waals surface area contributed by atoms with Gasteiger partial charge in [-0.3, -0.25) is 9.59 Å². The zero-order valence-corrected chi connectivity index (χ0v) is 20.0. The smallest absolute Gasteiger partial charge is 0.382 e. The van der Waals surface area contributed by atoms with Gasteiger partial charge in [-0.2, -0.15) is 18.3 Å². The van der Waals surface area contributed by atoms with Crippen LogP contribution in [0, 0.1) is 11.7 Å². The zero-order chi connectivity index (χ0) is 28.3. The van der Waals surface area contributed by atoms with E-state index in [9.17, 15) is 35.9 Å². The number of fused-ring (bicyclic) bond motifs is 1. The fourth-order valence-electron chi connectivity index (χ4n) is 5.13. The molecular weight excluding hydrogens is 537 g/mol. The number of hydrogen-bond acceptors (Lipinski definition) is 5. The van der Waals surface area contributed by atoms with Crippen molar-refractivity contribution in [2.45, 2.75) is 43.6 Å². The third kappa shape index (κ3) is 4.85. The summed E-state index contributed by atoms with van der Waals surface area (Å²) in [5, 5.41) is 6.06. The molecule has 3 heterocycles. The van der Waals surface area contributed by atoms with Gasteiger partial charge in [-0.15, -0.1) is 0 Å². The fourth-order valence-corrected chi connectivity index (χ4v) is 5.13. The summed E-state index contributed by atoms with van der Waals surface area (Å²) in [5.41, 5.74) is 2.47. The van der Waals surface area contributed by atoms with Crippen LogP contribution in [0.3, 0.4) is 0 Å². The Bertz CT molecular complexity index is 1460. The van der Waals surface area contributed by atoms with Crippen molar-refractivity contribution in [3.05, 3.63) is 47.5 Å². The van der Waals surface area contributed by atoms with E-state index >= 15 is 4.39 Å². The number of nitrogens with zero attached hydrogens (tertiary/aromatic N) is 4. The predicted octanol–water partition coefficient (Wildman–Crippen LogP) is 3.85. The summed E-state index contributed by atoms with van der Waals surface area (Å²) in [7, 11) is 0. The van der Waals surface area contributed by atoms with E-state index in [0.29, 0.717) is 6.07 Å². The molecule has 3 atom stereocenters. The van der Waals surface area contributed by atoms with E-state index in [1.807, 2.05) is 0 Å². The number of alkyl halides is 6. The molecule has 2 amide bonds. The van der Waals surface area contributed by atoms with Gasteiger partial charge in [0, 0.05) is 30.9 Å². The first-order valence-electron chi connectivity index (χ1n) is 11.9. The molecule has 1 aliphatic heterocycles. The van der Waals surface area contributed by atoms with Gasteiger partial charge in [0.05, 0.1) is 29.4 Å². The highest BCUT2D eigenvalue weighted by atomic mass is 19.4. The molecule has 0 spiro atoms. The number of likely N-dealkylation sites (tertiary alicyclic amines) is 1. The number of hydrogen-bond donors (Lipinski definition) is 2. The van der Waals surface area contributed by atoms with Crippen molar-refractivity contribution in [3.63, 3.8) is 0 Å². The van der Waals surface area contributed by atoms with Crippen LogP contribution in [0.5, 0.6) is 0 Å². The minimum atomic E-state index is -4.87. The molecule has 39 heavy (non-hydrogen) atoms. The van der Waals surface area contributed by atoms with Gasteiger partial charge < -0.3 is 16.0 Å². The van der Waals surface area contributed by atoms with Gasteiger partial charge in [-0.05, 0) is 24.6 Å². The Balaban J connectivity index is 1.39. The number of rotatable bonds is 4. The monoisotopic (exact) mass is 558 g/mol. The van der Waals surface area contributed by atoms with E-state index in [4.69, 9.17) is 5.73 Å². The van der Waals surface area contributed by atoms with Gasteiger partial charge in [0.1, 0.15) is 23.8 Å². The van der Waals surface area contributed by atoms with E-state index in [2.05, 4.69) is 15.4 Å². The highest BCUT2D eigenvalue weighted by Gasteiger charge is 2.46. The van der Waals surface area contributed by atoms with Crippen molar-refractivity contribution < 1.29 is 40.3 Å². The van der Waals surface area contributed by atoms with Crippen LogP contribution in [0.2, 0.25) is 0 Å². The summed E-state index contributed by atoms with van der Waals surface area (Å²) in [4.78, 5) is 30.1. The summed E-state index contributed by atoms with van der Waals surface area (Å²) >= 11 is 0. The molecule has 1 unspecified atom stereocenters. The third-order valence-corrected chi connectivity index (χ3v) is 7.04. The number of anilines is 1. The molecular formula is C24H21F7N6O2. The molecule has 2 aromatic heterocycles. The van der Waals surface area contributed by atoms with Crippen LogP contribution in [-0.4, -0.2) is 62.5 Å². The lowest BCUT2D eigenvalue weighted by molar-refractivity contribution is -0.136. The van der Waals surface area contributed by atoms with Gasteiger partial charge in [0.2, 0.25) is 11.8 Å². The molecule has 8 nitrogen and oxygen atoms in total. The molecule has 0 radical (unpaired) electrons. The molecule has 208 valence electrons. The predicted molar refractivity (Wildman–Crippen MR) is 123 cm³/mol. The van der Waals surface area contributed by atoms with Gasteiger partial charge in [0.15, 0.2) is 5.82 Å². The summed E-state index contributed by atoms with van der Waals surface area (Å²) < 4.78 is 98.9. The Hall–Kier alpha value is -3.91. The quantitative estimate of drug-likeness (QED) is 0.474. The Morgan fingerprint density at radius 3 is 2.59 bits per heavy atom. The Morgan fingerprint density at radius 2 is 1.92 bits per heavy atom. The van der Waals surface area contributed by atoms with Crippen LogP contribution in [0.4, 0.5) is 36.6 Å². The van der Waals surface area contributed by atoms with Crippen LogP contribution < -0.4 is 11.1 Å². The van der Waals surface area contributed by atoms with Crippen molar-refractivity contribution in [2.75, 3.05) is 18.8 Å². The third-order valence-electron chi connectivity index (χ3n) is 7.04. The average molecular weight is 558 g/mol. The van der Waals surface area contributed by atoms with Crippen molar-refractivity contribution in [1.82, 2.24) is 24.8 Å². The van der Waals surface area contributed by atoms with Crippen molar-refractivity contribution >= 4 is 23.1 Å². The zero-order valence-electron chi connectivity index (χ0n) is 20.0. The van der Waals surface area contributed by atoms with Crippen molar-refractivity contribution in [2.24, 2.45) is 5.92 Å². The molecule has 2 fully saturated rings. The largest absolute Gasteiger partial charge is 0.418 e. The lowest BCUT2D eigenvalue weighted by Gasteiger charge is -2.20. The lowest BCUT2D eigenvalue weighted by Crippen LogP contribution is -2.42. The van der Waals surface area contributed by atoms with Crippen LogP contribution in [-0.2, 0) is 11.0 Å². The SMILES string of the molecule is Nc1ncnn2c(-c3cccc(C(=O)N[C@@H]4CN(C(=O)C5CCC(F)(F)C5)C[C@@H]4F)c3F)cc(C(F)(F)F)c12. The van der Waals surface area contributed by atoms with E-state index in [0.717, 1.165) is 27.9 Å². The summed E-state index contributed by atoms with van der Waals surface area (Å²) in [6.07, 6.45) is -6.82. The number of amides is 2. The maximum Gasteiger partial charge on any atom is 0.418 e. The summed E-state index contributed by atoms with van der Waals surface area (Å²) in [6.45, 7) is -0.727. The van der Waals surface area contributed by atoms with E-state index in [-0.39, 0.29) is 18.7 Å². The van der Waals surface area contributed by atoms with Crippen LogP contribution in [0.25, 0.3) is 16.8 Å². The minimum absolute atomic E-state index is 0.0324. The molecule has 15 heteroatoms. The molecule has 1 saturated carbocycles. The van der Waals surface area contributed by atoms with Crippen LogP contribution in [0.1, 0.15) is 35.2 Å². The van der Waals surface area contributed by atoms with E-state index in [1.54, 1.807) is 0 Å². The summed E-state index contributed by atoms with van der Waals surface area (Å²) in [5.74, 6) is -7.32. The maximum atomic E-state index is 15.5. The highest BCUT2D eigenvalue weighted by molar-refractivity contribution is 5.96. The number of benzene rings is 1. The number of halogens is 7. The number of carbonyl (C=O) groups is 2. The lowest BCUT2D eigenvalue weighted by atomic mass is 10.1.